The van der Waals surface area contributed by atoms with Crippen LogP contribution >= 0.6 is 0 Å². The van der Waals surface area contributed by atoms with E-state index in [1.807, 2.05) is 0 Å². The number of benzene rings is 1. The van der Waals surface area contributed by atoms with Crippen molar-refractivity contribution in [3.63, 3.8) is 0 Å². The molecule has 2 N–H and O–H groups in total. The quantitative estimate of drug-likeness (QED) is 0.905. The summed E-state index contributed by atoms with van der Waals surface area (Å²) in [5, 5.41) is 3.63. The first-order chi connectivity index (χ1) is 8.67. The number of alkyl halides is 2. The molecule has 0 saturated heterocycles. The van der Waals surface area contributed by atoms with Crippen LogP contribution in [0.25, 0.3) is 11.4 Å². The van der Waals surface area contributed by atoms with E-state index < -0.39 is 6.43 Å². The Morgan fingerprint density at radius 1 is 1.44 bits per heavy atom. The van der Waals surface area contributed by atoms with E-state index in [0.29, 0.717) is 0 Å². The van der Waals surface area contributed by atoms with Gasteiger partial charge in [-0.2, -0.15) is 4.98 Å². The molecule has 0 aliphatic heterocycles. The van der Waals surface area contributed by atoms with Gasteiger partial charge in [-0.15, -0.1) is 0 Å². The standard InChI is InChI=1S/C11H11F2N3O2/c1-17-7-4-2-3-6(10(12)13)9(7)11-15-8(5-14)18-16-11/h2-4,10H,5,14H2,1H3. The van der Waals surface area contributed by atoms with Gasteiger partial charge in [0.15, 0.2) is 0 Å². The molecular formula is C11H11F2N3O2. The zero-order valence-electron chi connectivity index (χ0n) is 9.56. The predicted molar refractivity (Wildman–Crippen MR) is 59.1 cm³/mol. The number of nitrogens with zero attached hydrogens (tertiary/aromatic N) is 2. The Morgan fingerprint density at radius 2 is 2.22 bits per heavy atom. The molecule has 0 atom stereocenters. The highest BCUT2D eigenvalue weighted by Gasteiger charge is 2.22. The van der Waals surface area contributed by atoms with E-state index in [4.69, 9.17) is 15.0 Å². The summed E-state index contributed by atoms with van der Waals surface area (Å²) in [6, 6.07) is 4.33. The third-order valence-corrected chi connectivity index (χ3v) is 2.38. The van der Waals surface area contributed by atoms with Crippen molar-refractivity contribution in [3.8, 4) is 17.1 Å². The maximum absolute atomic E-state index is 13.0. The van der Waals surface area contributed by atoms with Crippen molar-refractivity contribution in [2.24, 2.45) is 5.73 Å². The number of aromatic nitrogens is 2. The van der Waals surface area contributed by atoms with Crippen molar-refractivity contribution in [1.82, 2.24) is 10.1 Å². The van der Waals surface area contributed by atoms with Gasteiger partial charge in [-0.05, 0) is 6.07 Å². The third-order valence-electron chi connectivity index (χ3n) is 2.38. The van der Waals surface area contributed by atoms with Gasteiger partial charge in [0.25, 0.3) is 6.43 Å². The van der Waals surface area contributed by atoms with Gasteiger partial charge in [0, 0.05) is 5.56 Å². The molecule has 1 aromatic carbocycles. The molecule has 5 nitrogen and oxygen atoms in total. The second kappa shape index (κ2) is 5.09. The number of halogens is 2. The lowest BCUT2D eigenvalue weighted by Crippen LogP contribution is -1.98. The maximum atomic E-state index is 13.0. The monoisotopic (exact) mass is 255 g/mol. The van der Waals surface area contributed by atoms with Crippen LogP contribution in [-0.2, 0) is 6.54 Å². The average molecular weight is 255 g/mol. The van der Waals surface area contributed by atoms with E-state index >= 15 is 0 Å². The van der Waals surface area contributed by atoms with Crippen LogP contribution in [-0.4, -0.2) is 17.3 Å². The lowest BCUT2D eigenvalue weighted by atomic mass is 10.1. The maximum Gasteiger partial charge on any atom is 0.264 e. The first-order valence-corrected chi connectivity index (χ1v) is 5.15. The van der Waals surface area contributed by atoms with Crippen molar-refractivity contribution in [2.45, 2.75) is 13.0 Å². The number of rotatable bonds is 4. The lowest BCUT2D eigenvalue weighted by Gasteiger charge is -2.09. The van der Waals surface area contributed by atoms with Crippen LogP contribution in [0.3, 0.4) is 0 Å². The van der Waals surface area contributed by atoms with Gasteiger partial charge in [-0.1, -0.05) is 17.3 Å². The van der Waals surface area contributed by atoms with Crippen molar-refractivity contribution in [3.05, 3.63) is 29.7 Å². The van der Waals surface area contributed by atoms with E-state index in [2.05, 4.69) is 10.1 Å². The number of nitrogens with two attached hydrogens (primary N) is 1. The van der Waals surface area contributed by atoms with Crippen LogP contribution < -0.4 is 10.5 Å². The molecule has 0 radical (unpaired) electrons. The van der Waals surface area contributed by atoms with Gasteiger partial charge >= 0.3 is 0 Å². The molecule has 0 saturated carbocycles. The van der Waals surface area contributed by atoms with Crippen LogP contribution in [0.1, 0.15) is 17.9 Å². The molecule has 1 aromatic heterocycles. The molecule has 0 spiro atoms. The molecule has 0 unspecified atom stereocenters. The minimum absolute atomic E-state index is 0.0446. The smallest absolute Gasteiger partial charge is 0.264 e. The fraction of sp³-hybridized carbons (Fsp3) is 0.273. The van der Waals surface area contributed by atoms with E-state index in [9.17, 15) is 8.78 Å². The summed E-state index contributed by atoms with van der Waals surface area (Å²) in [7, 11) is 1.39. The molecular weight excluding hydrogens is 244 g/mol. The second-order valence-electron chi connectivity index (χ2n) is 3.44. The van der Waals surface area contributed by atoms with Crippen LogP contribution in [0.4, 0.5) is 8.78 Å². The van der Waals surface area contributed by atoms with E-state index in [0.717, 1.165) is 0 Å². The minimum atomic E-state index is -2.66. The molecule has 0 aliphatic carbocycles. The Labute approximate surface area is 102 Å². The minimum Gasteiger partial charge on any atom is -0.496 e. The van der Waals surface area contributed by atoms with Gasteiger partial charge in [0.05, 0.1) is 19.2 Å². The summed E-state index contributed by atoms with van der Waals surface area (Å²) in [5.74, 6) is 0.483. The largest absolute Gasteiger partial charge is 0.496 e. The third kappa shape index (κ3) is 2.17. The van der Waals surface area contributed by atoms with Gasteiger partial charge in [-0.3, -0.25) is 0 Å². The number of ether oxygens (including phenoxy) is 1. The molecule has 18 heavy (non-hydrogen) atoms. The van der Waals surface area contributed by atoms with Crippen molar-refractivity contribution in [1.29, 1.82) is 0 Å². The Balaban J connectivity index is 2.59. The zero-order valence-corrected chi connectivity index (χ0v) is 9.56. The molecule has 2 rings (SSSR count). The van der Waals surface area contributed by atoms with E-state index in [1.54, 1.807) is 6.07 Å². The number of methoxy groups -OCH3 is 1. The van der Waals surface area contributed by atoms with Crippen LogP contribution in [0.15, 0.2) is 22.7 Å². The zero-order chi connectivity index (χ0) is 13.1. The van der Waals surface area contributed by atoms with Crippen molar-refractivity contribution in [2.75, 3.05) is 7.11 Å². The summed E-state index contributed by atoms with van der Waals surface area (Å²) in [6.07, 6.45) is -2.66. The summed E-state index contributed by atoms with van der Waals surface area (Å²) in [6.45, 7) is 0.0478. The number of hydrogen-bond acceptors (Lipinski definition) is 5. The van der Waals surface area contributed by atoms with E-state index in [-0.39, 0.29) is 35.1 Å². The predicted octanol–water partition coefficient (Wildman–Crippen LogP) is 2.14. The van der Waals surface area contributed by atoms with Gasteiger partial charge in [-0.25, -0.2) is 8.78 Å². The normalized spacial score (nSPS) is 10.9. The topological polar surface area (TPSA) is 74.2 Å². The summed E-state index contributed by atoms with van der Waals surface area (Å²) < 4.78 is 35.8. The highest BCUT2D eigenvalue weighted by molar-refractivity contribution is 5.68. The second-order valence-corrected chi connectivity index (χ2v) is 3.44. The highest BCUT2D eigenvalue weighted by atomic mass is 19.3. The number of hydrogen-bond donors (Lipinski definition) is 1. The summed E-state index contributed by atoms with van der Waals surface area (Å²) in [4.78, 5) is 3.93. The highest BCUT2D eigenvalue weighted by Crippen LogP contribution is 2.36. The van der Waals surface area contributed by atoms with Gasteiger partial charge in [0.2, 0.25) is 11.7 Å². The summed E-state index contributed by atoms with van der Waals surface area (Å²) in [5.41, 5.74) is 5.25. The Hall–Kier alpha value is -2.02. The molecule has 96 valence electrons. The fourth-order valence-electron chi connectivity index (χ4n) is 1.58. The molecule has 2 aromatic rings. The average Bonchev–Trinajstić information content (AvgIpc) is 2.86. The lowest BCUT2D eigenvalue weighted by molar-refractivity contribution is 0.151. The molecule has 1 heterocycles. The van der Waals surface area contributed by atoms with Crippen molar-refractivity contribution < 1.29 is 18.0 Å². The molecule has 0 aliphatic rings. The molecule has 0 fully saturated rings. The first kappa shape index (κ1) is 12.4. The first-order valence-electron chi connectivity index (χ1n) is 5.15. The van der Waals surface area contributed by atoms with E-state index in [1.165, 1.54) is 19.2 Å². The fourth-order valence-corrected chi connectivity index (χ4v) is 1.58. The Kier molecular flexibility index (Phi) is 3.52. The van der Waals surface area contributed by atoms with Crippen molar-refractivity contribution >= 4 is 0 Å². The van der Waals surface area contributed by atoms with Crippen LogP contribution in [0.5, 0.6) is 5.75 Å². The Morgan fingerprint density at radius 3 is 2.78 bits per heavy atom. The van der Waals surface area contributed by atoms with Gasteiger partial charge < -0.3 is 15.0 Å². The van der Waals surface area contributed by atoms with Crippen LogP contribution in [0.2, 0.25) is 0 Å². The molecule has 0 bridgehead atoms. The SMILES string of the molecule is COc1cccc(C(F)F)c1-c1noc(CN)n1. The summed E-state index contributed by atoms with van der Waals surface area (Å²) >= 11 is 0. The van der Waals surface area contributed by atoms with Crippen LogP contribution in [0, 0.1) is 0 Å². The molecule has 7 heteroatoms. The Bertz CT molecular complexity index is 543. The molecule has 0 amide bonds. The van der Waals surface area contributed by atoms with Gasteiger partial charge in [0.1, 0.15) is 5.75 Å².